The first-order valence-electron chi connectivity index (χ1n) is 5.38. The van der Waals surface area contributed by atoms with Crippen molar-refractivity contribution in [1.29, 1.82) is 0 Å². The number of methoxy groups -OCH3 is 1. The summed E-state index contributed by atoms with van der Waals surface area (Å²) >= 11 is 1.92. The van der Waals surface area contributed by atoms with Gasteiger partial charge in [-0.1, -0.05) is 13.8 Å². The minimum atomic E-state index is 0.314. The van der Waals surface area contributed by atoms with Crippen molar-refractivity contribution >= 4 is 11.8 Å². The topological polar surface area (TPSA) is 21.3 Å². The van der Waals surface area contributed by atoms with Crippen molar-refractivity contribution in [1.82, 2.24) is 5.32 Å². The van der Waals surface area contributed by atoms with E-state index in [0.29, 0.717) is 17.6 Å². The summed E-state index contributed by atoms with van der Waals surface area (Å²) < 4.78 is 5.42. The van der Waals surface area contributed by atoms with Gasteiger partial charge in [0.2, 0.25) is 0 Å². The Morgan fingerprint density at radius 3 is 2.71 bits per heavy atom. The zero-order valence-corrected chi connectivity index (χ0v) is 10.6. The van der Waals surface area contributed by atoms with E-state index in [0.717, 1.165) is 6.54 Å². The molecule has 1 N–H and O–H groups in total. The summed E-state index contributed by atoms with van der Waals surface area (Å²) in [7, 11) is 1.82. The molecule has 3 heteroatoms. The van der Waals surface area contributed by atoms with Gasteiger partial charge in [0.05, 0.1) is 6.10 Å². The van der Waals surface area contributed by atoms with Gasteiger partial charge in [-0.05, 0) is 31.4 Å². The maximum Gasteiger partial charge on any atom is 0.0652 e. The van der Waals surface area contributed by atoms with Crippen LogP contribution in [0.25, 0.3) is 0 Å². The van der Waals surface area contributed by atoms with Gasteiger partial charge < -0.3 is 10.1 Å². The molecule has 0 aromatic heterocycles. The lowest BCUT2D eigenvalue weighted by molar-refractivity contribution is -0.0971. The molecule has 1 rings (SSSR count). The third-order valence-corrected chi connectivity index (χ3v) is 4.08. The number of rotatable bonds is 6. The largest absolute Gasteiger partial charge is 0.381 e. The van der Waals surface area contributed by atoms with Gasteiger partial charge in [-0.25, -0.2) is 0 Å². The van der Waals surface area contributed by atoms with E-state index in [1.165, 1.54) is 18.6 Å². The summed E-state index contributed by atoms with van der Waals surface area (Å²) in [5, 5.41) is 3.62. The highest BCUT2D eigenvalue weighted by Gasteiger charge is 2.47. The Labute approximate surface area is 92.2 Å². The average molecular weight is 217 g/mol. The fraction of sp³-hybridized carbons (Fsp3) is 1.00. The quantitative estimate of drug-likeness (QED) is 0.689. The second kappa shape index (κ2) is 5.38. The highest BCUT2D eigenvalue weighted by atomic mass is 32.2. The lowest BCUT2D eigenvalue weighted by Crippen LogP contribution is -2.60. The van der Waals surface area contributed by atoms with Crippen molar-refractivity contribution in [2.75, 3.05) is 25.7 Å². The van der Waals surface area contributed by atoms with Gasteiger partial charge in [0.15, 0.2) is 0 Å². The van der Waals surface area contributed by atoms with Crippen LogP contribution in [0.2, 0.25) is 0 Å². The van der Waals surface area contributed by atoms with Gasteiger partial charge in [-0.15, -0.1) is 0 Å². The van der Waals surface area contributed by atoms with E-state index < -0.39 is 0 Å². The Bertz CT molecular complexity index is 173. The SMILES string of the molecule is COC1CC(NCCCSC)C1(C)C. The van der Waals surface area contributed by atoms with E-state index >= 15 is 0 Å². The van der Waals surface area contributed by atoms with Crippen molar-refractivity contribution in [3.05, 3.63) is 0 Å². The Kier molecular flexibility index (Phi) is 4.74. The second-order valence-electron chi connectivity index (χ2n) is 4.63. The molecule has 0 aromatic carbocycles. The molecular formula is C11H23NOS. The Hall–Kier alpha value is 0.270. The van der Waals surface area contributed by atoms with E-state index in [2.05, 4.69) is 25.4 Å². The van der Waals surface area contributed by atoms with Crippen molar-refractivity contribution in [2.45, 2.75) is 38.8 Å². The molecule has 2 nitrogen and oxygen atoms in total. The number of thioether (sulfide) groups is 1. The number of hydrogen-bond donors (Lipinski definition) is 1. The molecule has 0 amide bonds. The lowest BCUT2D eigenvalue weighted by Gasteiger charge is -2.51. The molecule has 0 aromatic rings. The lowest BCUT2D eigenvalue weighted by atomic mass is 9.64. The third-order valence-electron chi connectivity index (χ3n) is 3.38. The standard InChI is InChI=1S/C11H23NOS/c1-11(2)9(8-10(11)13-3)12-6-5-7-14-4/h9-10,12H,5-8H2,1-4H3. The zero-order valence-electron chi connectivity index (χ0n) is 9.80. The maximum atomic E-state index is 5.42. The summed E-state index contributed by atoms with van der Waals surface area (Å²) in [5.41, 5.74) is 0.314. The highest BCUT2D eigenvalue weighted by Crippen LogP contribution is 2.42. The van der Waals surface area contributed by atoms with Crippen LogP contribution in [0.1, 0.15) is 26.7 Å². The van der Waals surface area contributed by atoms with E-state index in [9.17, 15) is 0 Å². The summed E-state index contributed by atoms with van der Waals surface area (Å²) in [5.74, 6) is 1.26. The van der Waals surface area contributed by atoms with Gasteiger partial charge in [-0.2, -0.15) is 11.8 Å². The van der Waals surface area contributed by atoms with Gasteiger partial charge in [0, 0.05) is 18.6 Å². The fourth-order valence-electron chi connectivity index (χ4n) is 2.12. The summed E-state index contributed by atoms with van der Waals surface area (Å²) in [6, 6.07) is 0.648. The van der Waals surface area contributed by atoms with Crippen LogP contribution in [-0.2, 0) is 4.74 Å². The van der Waals surface area contributed by atoms with Crippen LogP contribution < -0.4 is 5.32 Å². The van der Waals surface area contributed by atoms with Gasteiger partial charge in [0.1, 0.15) is 0 Å². The molecule has 0 radical (unpaired) electrons. The molecule has 0 heterocycles. The molecule has 0 saturated heterocycles. The number of nitrogens with one attached hydrogen (secondary N) is 1. The van der Waals surface area contributed by atoms with E-state index in [1.807, 2.05) is 18.9 Å². The molecular weight excluding hydrogens is 194 g/mol. The zero-order chi connectivity index (χ0) is 10.6. The van der Waals surface area contributed by atoms with E-state index in [4.69, 9.17) is 4.74 Å². The maximum absolute atomic E-state index is 5.42. The van der Waals surface area contributed by atoms with E-state index in [-0.39, 0.29) is 0 Å². The Morgan fingerprint density at radius 1 is 1.50 bits per heavy atom. The Balaban J connectivity index is 2.15. The van der Waals surface area contributed by atoms with Gasteiger partial charge in [-0.3, -0.25) is 0 Å². The van der Waals surface area contributed by atoms with Crippen LogP contribution in [0.15, 0.2) is 0 Å². The van der Waals surface area contributed by atoms with Crippen molar-refractivity contribution in [3.8, 4) is 0 Å². The molecule has 1 fully saturated rings. The van der Waals surface area contributed by atoms with Crippen molar-refractivity contribution < 1.29 is 4.74 Å². The molecule has 1 aliphatic carbocycles. The first-order chi connectivity index (χ1) is 6.62. The van der Waals surface area contributed by atoms with Crippen LogP contribution in [0.3, 0.4) is 0 Å². The minimum Gasteiger partial charge on any atom is -0.381 e. The smallest absolute Gasteiger partial charge is 0.0652 e. The van der Waals surface area contributed by atoms with E-state index in [1.54, 1.807) is 0 Å². The molecule has 2 atom stereocenters. The number of hydrogen-bond acceptors (Lipinski definition) is 3. The van der Waals surface area contributed by atoms with Crippen LogP contribution in [0.4, 0.5) is 0 Å². The molecule has 0 aliphatic heterocycles. The van der Waals surface area contributed by atoms with Crippen LogP contribution in [0.5, 0.6) is 0 Å². The van der Waals surface area contributed by atoms with Gasteiger partial charge >= 0.3 is 0 Å². The predicted octanol–water partition coefficient (Wildman–Crippen LogP) is 2.14. The monoisotopic (exact) mass is 217 g/mol. The molecule has 84 valence electrons. The normalized spacial score (nSPS) is 30.0. The third kappa shape index (κ3) is 2.65. The average Bonchev–Trinajstić information content (AvgIpc) is 2.15. The summed E-state index contributed by atoms with van der Waals surface area (Å²) in [6.45, 7) is 5.72. The minimum absolute atomic E-state index is 0.314. The molecule has 1 saturated carbocycles. The first kappa shape index (κ1) is 12.3. The molecule has 1 aliphatic rings. The second-order valence-corrected chi connectivity index (χ2v) is 5.62. The van der Waals surface area contributed by atoms with Gasteiger partial charge in [0.25, 0.3) is 0 Å². The number of ether oxygens (including phenoxy) is 1. The van der Waals surface area contributed by atoms with Crippen LogP contribution in [0, 0.1) is 5.41 Å². The first-order valence-corrected chi connectivity index (χ1v) is 6.77. The molecule has 0 bridgehead atoms. The molecule has 2 unspecified atom stereocenters. The van der Waals surface area contributed by atoms with Crippen LogP contribution >= 0.6 is 11.8 Å². The summed E-state index contributed by atoms with van der Waals surface area (Å²) in [4.78, 5) is 0. The fourth-order valence-corrected chi connectivity index (χ4v) is 2.56. The van der Waals surface area contributed by atoms with Crippen molar-refractivity contribution in [2.24, 2.45) is 5.41 Å². The molecule has 0 spiro atoms. The Morgan fingerprint density at radius 2 is 2.21 bits per heavy atom. The van der Waals surface area contributed by atoms with Crippen LogP contribution in [-0.4, -0.2) is 37.8 Å². The highest BCUT2D eigenvalue weighted by molar-refractivity contribution is 7.98. The molecule has 14 heavy (non-hydrogen) atoms. The van der Waals surface area contributed by atoms with Crippen molar-refractivity contribution in [3.63, 3.8) is 0 Å². The predicted molar refractivity (Wildman–Crippen MR) is 64.0 cm³/mol. The summed E-state index contributed by atoms with van der Waals surface area (Å²) in [6.07, 6.45) is 5.04.